The lowest BCUT2D eigenvalue weighted by atomic mass is 10.1. The number of nitrogens with zero attached hydrogens (tertiary/aromatic N) is 2. The lowest BCUT2D eigenvalue weighted by molar-refractivity contribution is 0.158. The van der Waals surface area contributed by atoms with Gasteiger partial charge < -0.3 is 10.1 Å². The van der Waals surface area contributed by atoms with Crippen molar-refractivity contribution in [1.82, 2.24) is 20.2 Å². The van der Waals surface area contributed by atoms with Crippen LogP contribution in [-0.4, -0.2) is 25.3 Å². The molecular weight excluding hydrogens is 283 g/mol. The summed E-state index contributed by atoms with van der Waals surface area (Å²) in [6.07, 6.45) is 4.39. The van der Waals surface area contributed by atoms with Crippen LogP contribution in [0.15, 0.2) is 42.9 Å². The van der Waals surface area contributed by atoms with E-state index >= 15 is 0 Å². The van der Waals surface area contributed by atoms with E-state index in [4.69, 9.17) is 0 Å². The second-order valence-electron chi connectivity index (χ2n) is 5.23. The van der Waals surface area contributed by atoms with Crippen LogP contribution >= 0.6 is 0 Å². The Bertz CT molecular complexity index is 723. The summed E-state index contributed by atoms with van der Waals surface area (Å²) in [4.78, 5) is 7.09. The zero-order chi connectivity index (χ0) is 15.4. The van der Waals surface area contributed by atoms with Gasteiger partial charge in [0.25, 0.3) is 0 Å². The fraction of sp³-hybridized carbons (Fsp3) is 0.250. The number of benzene rings is 1. The van der Waals surface area contributed by atoms with Gasteiger partial charge in [0.15, 0.2) is 5.82 Å². The topological polar surface area (TPSA) is 77.6 Å². The van der Waals surface area contributed by atoms with E-state index in [2.05, 4.69) is 20.2 Å². The highest BCUT2D eigenvalue weighted by atomic mass is 19.1. The van der Waals surface area contributed by atoms with Crippen LogP contribution in [0, 0.1) is 5.82 Å². The molecule has 0 saturated heterocycles. The summed E-state index contributed by atoms with van der Waals surface area (Å²) in [6.45, 7) is 0. The number of hydrogen-bond acceptors (Lipinski definition) is 3. The lowest BCUT2D eigenvalue weighted by Crippen LogP contribution is -2.01. The molecule has 22 heavy (non-hydrogen) atoms. The molecule has 0 aliphatic carbocycles. The molecule has 1 unspecified atom stereocenters. The van der Waals surface area contributed by atoms with Crippen molar-refractivity contribution in [3.05, 3.63) is 71.3 Å². The van der Waals surface area contributed by atoms with Crippen molar-refractivity contribution in [2.75, 3.05) is 0 Å². The van der Waals surface area contributed by atoms with Crippen LogP contribution in [0.2, 0.25) is 0 Å². The van der Waals surface area contributed by atoms with E-state index in [0.29, 0.717) is 30.7 Å². The molecule has 2 heterocycles. The van der Waals surface area contributed by atoms with Gasteiger partial charge in [0.2, 0.25) is 0 Å². The van der Waals surface area contributed by atoms with E-state index in [1.807, 2.05) is 18.3 Å². The fourth-order valence-electron chi connectivity index (χ4n) is 2.40. The second kappa shape index (κ2) is 6.53. The minimum atomic E-state index is -0.660. The molecule has 3 N–H and O–H groups in total. The molecule has 0 spiro atoms. The van der Waals surface area contributed by atoms with Crippen LogP contribution in [0.25, 0.3) is 0 Å². The zero-order valence-corrected chi connectivity index (χ0v) is 12.0. The fourth-order valence-corrected chi connectivity index (χ4v) is 2.40. The van der Waals surface area contributed by atoms with E-state index in [1.165, 1.54) is 12.4 Å². The van der Waals surface area contributed by atoms with Crippen molar-refractivity contribution >= 4 is 0 Å². The van der Waals surface area contributed by atoms with E-state index in [-0.39, 0.29) is 5.82 Å². The Balaban J connectivity index is 1.58. The van der Waals surface area contributed by atoms with E-state index in [9.17, 15) is 9.50 Å². The minimum Gasteiger partial charge on any atom is -0.385 e. The predicted octanol–water partition coefficient (Wildman–Crippen LogP) is 2.53. The maximum absolute atomic E-state index is 13.6. The normalized spacial score (nSPS) is 12.5. The van der Waals surface area contributed by atoms with Crippen LogP contribution in [0.5, 0.6) is 0 Å². The number of aliphatic hydroxyl groups excluding tert-OH is 1. The molecule has 0 aliphatic rings. The zero-order valence-electron chi connectivity index (χ0n) is 12.0. The Kier molecular flexibility index (Phi) is 4.29. The number of H-pyrrole nitrogens is 2. The highest BCUT2D eigenvalue weighted by Crippen LogP contribution is 2.17. The van der Waals surface area contributed by atoms with Gasteiger partial charge in [0, 0.05) is 18.3 Å². The number of aliphatic hydroxyl groups is 1. The van der Waals surface area contributed by atoms with E-state index in [1.54, 1.807) is 12.1 Å². The smallest absolute Gasteiger partial charge is 0.153 e. The molecule has 2 aromatic heterocycles. The quantitative estimate of drug-likeness (QED) is 0.654. The van der Waals surface area contributed by atoms with Crippen molar-refractivity contribution in [2.24, 2.45) is 0 Å². The summed E-state index contributed by atoms with van der Waals surface area (Å²) in [7, 11) is 0. The van der Waals surface area contributed by atoms with E-state index in [0.717, 1.165) is 11.3 Å². The van der Waals surface area contributed by atoms with Crippen LogP contribution in [0.3, 0.4) is 0 Å². The first-order chi connectivity index (χ1) is 10.7. The number of aryl methyl sites for hydroxylation is 1. The van der Waals surface area contributed by atoms with Gasteiger partial charge in [-0.2, -0.15) is 5.10 Å². The third-order valence-electron chi connectivity index (χ3n) is 3.60. The standard InChI is InChI=1S/C16H17FN4O/c17-14-4-2-1-3-12(14)8-13-7-11(9-18-13)5-6-15(22)16-19-10-20-21-16/h1-4,7,9-10,15,18,22H,5-6,8H2,(H,19,20,21). The summed E-state index contributed by atoms with van der Waals surface area (Å²) < 4.78 is 13.6. The molecular formula is C16H17FN4O. The van der Waals surface area contributed by atoms with Crippen LogP contribution in [0.4, 0.5) is 4.39 Å². The molecule has 3 aromatic rings. The first-order valence-corrected chi connectivity index (χ1v) is 7.15. The summed E-state index contributed by atoms with van der Waals surface area (Å²) in [5.74, 6) is 0.279. The van der Waals surface area contributed by atoms with Crippen molar-refractivity contribution in [1.29, 1.82) is 0 Å². The Morgan fingerprint density at radius 2 is 2.14 bits per heavy atom. The number of hydrogen-bond donors (Lipinski definition) is 3. The molecule has 1 aromatic carbocycles. The van der Waals surface area contributed by atoms with Crippen molar-refractivity contribution < 1.29 is 9.50 Å². The number of aromatic nitrogens is 4. The van der Waals surface area contributed by atoms with Gasteiger partial charge in [0.1, 0.15) is 18.2 Å². The molecule has 0 fully saturated rings. The molecule has 0 aliphatic heterocycles. The summed E-state index contributed by atoms with van der Waals surface area (Å²) in [5.41, 5.74) is 2.69. The van der Waals surface area contributed by atoms with Crippen LogP contribution in [-0.2, 0) is 12.8 Å². The second-order valence-corrected chi connectivity index (χ2v) is 5.23. The summed E-state index contributed by atoms with van der Waals surface area (Å²) in [6, 6.07) is 8.76. The van der Waals surface area contributed by atoms with Gasteiger partial charge in [-0.1, -0.05) is 18.2 Å². The number of rotatable bonds is 6. The first kappa shape index (κ1) is 14.5. The van der Waals surface area contributed by atoms with Gasteiger partial charge in [-0.15, -0.1) is 0 Å². The van der Waals surface area contributed by atoms with Crippen LogP contribution < -0.4 is 0 Å². The number of halogens is 1. The van der Waals surface area contributed by atoms with E-state index < -0.39 is 6.10 Å². The Labute approximate surface area is 127 Å². The monoisotopic (exact) mass is 300 g/mol. The molecule has 0 amide bonds. The number of nitrogens with one attached hydrogen (secondary N) is 2. The first-order valence-electron chi connectivity index (χ1n) is 7.15. The van der Waals surface area contributed by atoms with Crippen LogP contribution in [0.1, 0.15) is 35.2 Å². The number of aromatic amines is 2. The van der Waals surface area contributed by atoms with Crippen molar-refractivity contribution in [3.63, 3.8) is 0 Å². The van der Waals surface area contributed by atoms with Gasteiger partial charge in [0.05, 0.1) is 0 Å². The molecule has 1 atom stereocenters. The average molecular weight is 300 g/mol. The molecule has 114 valence electrons. The third-order valence-corrected chi connectivity index (χ3v) is 3.60. The molecule has 5 nitrogen and oxygen atoms in total. The maximum atomic E-state index is 13.6. The summed E-state index contributed by atoms with van der Waals surface area (Å²) >= 11 is 0. The molecule has 3 rings (SSSR count). The molecule has 0 bridgehead atoms. The lowest BCUT2D eigenvalue weighted by Gasteiger charge is -2.05. The predicted molar refractivity (Wildman–Crippen MR) is 79.7 cm³/mol. The minimum absolute atomic E-state index is 0.195. The highest BCUT2D eigenvalue weighted by Gasteiger charge is 2.11. The molecule has 6 heteroatoms. The maximum Gasteiger partial charge on any atom is 0.153 e. The summed E-state index contributed by atoms with van der Waals surface area (Å²) in [5, 5.41) is 16.3. The Hall–Kier alpha value is -2.47. The van der Waals surface area contributed by atoms with Gasteiger partial charge in [-0.3, -0.25) is 5.10 Å². The average Bonchev–Trinajstić information content (AvgIpc) is 3.19. The van der Waals surface area contributed by atoms with Gasteiger partial charge in [-0.25, -0.2) is 9.37 Å². The van der Waals surface area contributed by atoms with Gasteiger partial charge in [-0.05, 0) is 36.1 Å². The van der Waals surface area contributed by atoms with Crippen molar-refractivity contribution in [3.8, 4) is 0 Å². The Morgan fingerprint density at radius 3 is 2.91 bits per heavy atom. The SMILES string of the molecule is OC(CCc1c[nH]c(Cc2ccccc2F)c1)c1ncn[nH]1. The van der Waals surface area contributed by atoms with Gasteiger partial charge >= 0.3 is 0 Å². The highest BCUT2D eigenvalue weighted by molar-refractivity contribution is 5.26. The Morgan fingerprint density at radius 1 is 1.27 bits per heavy atom. The largest absolute Gasteiger partial charge is 0.385 e. The van der Waals surface area contributed by atoms with Crippen molar-refractivity contribution in [2.45, 2.75) is 25.4 Å². The molecule has 0 radical (unpaired) electrons. The molecule has 0 saturated carbocycles. The third kappa shape index (κ3) is 3.40.